The van der Waals surface area contributed by atoms with Gasteiger partial charge < -0.3 is 14.0 Å². The Morgan fingerprint density at radius 3 is 2.31 bits per heavy atom. The quantitative estimate of drug-likeness (QED) is 0.568. The zero-order chi connectivity index (χ0) is 21.2. The van der Waals surface area contributed by atoms with E-state index in [9.17, 15) is 5.11 Å². The first-order valence-electron chi connectivity index (χ1n) is 11.5. The summed E-state index contributed by atoms with van der Waals surface area (Å²) in [6.45, 7) is 16.5. The fourth-order valence-corrected chi connectivity index (χ4v) is 9.14. The highest BCUT2D eigenvalue weighted by atomic mass is 28.4. The number of benzene rings is 1. The van der Waals surface area contributed by atoms with Crippen LogP contribution < -0.4 is 0 Å². The van der Waals surface area contributed by atoms with Crippen molar-refractivity contribution in [1.82, 2.24) is 0 Å². The second-order valence-corrected chi connectivity index (χ2v) is 20.9. The predicted octanol–water partition coefficient (Wildman–Crippen LogP) is 6.30. The first-order valence-corrected chi connectivity index (χ1v) is 18.4. The van der Waals surface area contributed by atoms with Crippen molar-refractivity contribution in [2.45, 2.75) is 96.4 Å². The molecule has 0 radical (unpaired) electrons. The van der Waals surface area contributed by atoms with Crippen LogP contribution in [0.15, 0.2) is 18.2 Å². The summed E-state index contributed by atoms with van der Waals surface area (Å²) >= 11 is 0. The third-order valence-electron chi connectivity index (χ3n) is 7.58. The maximum absolute atomic E-state index is 10.0. The Labute approximate surface area is 179 Å². The van der Waals surface area contributed by atoms with Gasteiger partial charge in [-0.3, -0.25) is 0 Å². The summed E-state index contributed by atoms with van der Waals surface area (Å²) in [5, 5.41) is 10.0. The van der Waals surface area contributed by atoms with Gasteiger partial charge in [-0.25, -0.2) is 0 Å². The van der Waals surface area contributed by atoms with Gasteiger partial charge in [0.25, 0.3) is 0 Å². The number of hydrogen-bond donors (Lipinski definition) is 1. The average molecular weight is 433 g/mol. The molecule has 0 amide bonds. The molecule has 1 aromatic rings. The number of aryl methyl sites for hydroxylation is 1. The van der Waals surface area contributed by atoms with Crippen molar-refractivity contribution in [1.29, 1.82) is 0 Å². The lowest BCUT2D eigenvalue weighted by Gasteiger charge is -2.55. The van der Waals surface area contributed by atoms with E-state index in [1.54, 1.807) is 0 Å². The summed E-state index contributed by atoms with van der Waals surface area (Å²) in [5.41, 5.74) is 3.01. The van der Waals surface area contributed by atoms with Crippen LogP contribution in [0.3, 0.4) is 0 Å². The van der Waals surface area contributed by atoms with Crippen molar-refractivity contribution < 1.29 is 14.0 Å². The lowest BCUT2D eigenvalue weighted by molar-refractivity contribution is -0.0688. The normalized spacial score (nSPS) is 37.0. The molecule has 0 heterocycles. The third kappa shape index (κ3) is 4.12. The van der Waals surface area contributed by atoms with Crippen LogP contribution in [0.4, 0.5) is 0 Å². The van der Waals surface area contributed by atoms with E-state index < -0.39 is 16.6 Å². The number of phenols is 1. The second kappa shape index (κ2) is 7.21. The van der Waals surface area contributed by atoms with Crippen LogP contribution in [0.1, 0.15) is 49.7 Å². The number of aromatic hydroxyl groups is 1. The van der Waals surface area contributed by atoms with Gasteiger partial charge in [-0.1, -0.05) is 13.0 Å². The van der Waals surface area contributed by atoms with Crippen LogP contribution in [0.25, 0.3) is 0 Å². The maximum Gasteiger partial charge on any atom is 0.184 e. The zero-order valence-electron chi connectivity index (χ0n) is 19.4. The zero-order valence-corrected chi connectivity index (χ0v) is 21.4. The third-order valence-corrected chi connectivity index (χ3v) is 9.58. The van der Waals surface area contributed by atoms with Crippen LogP contribution in [-0.2, 0) is 15.3 Å². The van der Waals surface area contributed by atoms with Gasteiger partial charge in [-0.2, -0.15) is 0 Å². The summed E-state index contributed by atoms with van der Waals surface area (Å²) in [4.78, 5) is 0. The molecule has 29 heavy (non-hydrogen) atoms. The molecular formula is C24H40O3Si2. The van der Waals surface area contributed by atoms with E-state index in [-0.39, 0.29) is 11.5 Å². The molecule has 3 aliphatic rings. The Morgan fingerprint density at radius 2 is 1.66 bits per heavy atom. The first-order chi connectivity index (χ1) is 13.4. The average Bonchev–Trinajstić information content (AvgIpc) is 2.87. The summed E-state index contributed by atoms with van der Waals surface area (Å²) < 4.78 is 13.7. The summed E-state index contributed by atoms with van der Waals surface area (Å²) in [5.74, 6) is 2.25. The molecule has 162 valence electrons. The van der Waals surface area contributed by atoms with Crippen LogP contribution >= 0.6 is 0 Å². The van der Waals surface area contributed by atoms with E-state index in [0.717, 1.165) is 18.8 Å². The van der Waals surface area contributed by atoms with Gasteiger partial charge >= 0.3 is 0 Å². The standard InChI is InChI=1S/C24H40O3Si2/c1-24-15-21(26-28(2,3)4)23-18-11-9-17(25)14-16(18)8-10-19(23)20(24)12-13-22(24)27-29(5,6)7/h9,11,14,19-23,25H,8,10,12-13,15H2,1-7H3/t19-,20-,21-,22-,23+,24-/m0/s1. The van der Waals surface area contributed by atoms with Crippen molar-refractivity contribution in [2.24, 2.45) is 17.3 Å². The van der Waals surface area contributed by atoms with Crippen LogP contribution in [0, 0.1) is 17.3 Å². The fraction of sp³-hybridized carbons (Fsp3) is 0.750. The summed E-state index contributed by atoms with van der Waals surface area (Å²) in [6, 6.07) is 6.07. The number of hydrogen-bond acceptors (Lipinski definition) is 3. The molecule has 6 atom stereocenters. The minimum absolute atomic E-state index is 0.222. The minimum Gasteiger partial charge on any atom is -0.508 e. The minimum atomic E-state index is -1.68. The van der Waals surface area contributed by atoms with Crippen molar-refractivity contribution in [3.05, 3.63) is 29.3 Å². The molecular weight excluding hydrogens is 392 g/mol. The molecule has 3 aliphatic carbocycles. The molecule has 3 nitrogen and oxygen atoms in total. The van der Waals surface area contributed by atoms with Crippen LogP contribution in [0.5, 0.6) is 5.75 Å². The first kappa shape index (κ1) is 21.6. The molecule has 1 aromatic carbocycles. The van der Waals surface area contributed by atoms with Gasteiger partial charge in [0.15, 0.2) is 16.6 Å². The van der Waals surface area contributed by atoms with E-state index in [1.807, 2.05) is 12.1 Å². The Bertz CT molecular complexity index is 766. The monoisotopic (exact) mass is 432 g/mol. The highest BCUT2D eigenvalue weighted by Gasteiger charge is 2.59. The molecule has 0 unspecified atom stereocenters. The van der Waals surface area contributed by atoms with E-state index in [0.29, 0.717) is 23.7 Å². The Hall–Kier alpha value is -0.626. The highest BCUT2D eigenvalue weighted by Crippen LogP contribution is 2.62. The second-order valence-electron chi connectivity index (χ2n) is 12.0. The van der Waals surface area contributed by atoms with E-state index in [1.165, 1.54) is 30.4 Å². The molecule has 4 rings (SSSR count). The maximum atomic E-state index is 10.0. The molecule has 1 N–H and O–H groups in total. The molecule has 0 bridgehead atoms. The molecule has 2 fully saturated rings. The summed E-state index contributed by atoms with van der Waals surface area (Å²) in [6.07, 6.45) is 6.55. The Balaban J connectivity index is 1.73. The van der Waals surface area contributed by atoms with Crippen molar-refractivity contribution >= 4 is 16.6 Å². The SMILES string of the molecule is C[C@]12C[C@H](O[Si](C)(C)C)[C@@H]3c4ccc(O)cc4CC[C@H]3[C@@H]1CC[C@@H]2O[Si](C)(C)C. The van der Waals surface area contributed by atoms with Crippen molar-refractivity contribution in [3.63, 3.8) is 0 Å². The number of rotatable bonds is 4. The van der Waals surface area contributed by atoms with Gasteiger partial charge in [0.2, 0.25) is 0 Å². The van der Waals surface area contributed by atoms with Gasteiger partial charge in [-0.15, -0.1) is 0 Å². The van der Waals surface area contributed by atoms with E-state index in [2.05, 4.69) is 52.3 Å². The molecule has 0 saturated heterocycles. The Kier molecular flexibility index (Phi) is 5.37. The lowest BCUT2D eigenvalue weighted by Crippen LogP contribution is -2.54. The van der Waals surface area contributed by atoms with Crippen molar-refractivity contribution in [3.8, 4) is 5.75 Å². The van der Waals surface area contributed by atoms with E-state index >= 15 is 0 Å². The van der Waals surface area contributed by atoms with Gasteiger partial charge in [0.05, 0.1) is 12.2 Å². The smallest absolute Gasteiger partial charge is 0.184 e. The highest BCUT2D eigenvalue weighted by molar-refractivity contribution is 6.70. The summed E-state index contributed by atoms with van der Waals surface area (Å²) in [7, 11) is -3.26. The molecule has 0 spiro atoms. The molecule has 5 heteroatoms. The van der Waals surface area contributed by atoms with Gasteiger partial charge in [-0.05, 0) is 112 Å². The van der Waals surface area contributed by atoms with Crippen LogP contribution in [-0.4, -0.2) is 33.9 Å². The van der Waals surface area contributed by atoms with Crippen LogP contribution in [0.2, 0.25) is 39.3 Å². The van der Waals surface area contributed by atoms with E-state index in [4.69, 9.17) is 8.85 Å². The molecule has 0 aromatic heterocycles. The van der Waals surface area contributed by atoms with Gasteiger partial charge in [0.1, 0.15) is 5.75 Å². The van der Waals surface area contributed by atoms with Gasteiger partial charge in [0, 0.05) is 5.92 Å². The number of phenolic OH excluding ortho intramolecular Hbond substituents is 1. The largest absolute Gasteiger partial charge is 0.508 e. The molecule has 0 aliphatic heterocycles. The predicted molar refractivity (Wildman–Crippen MR) is 125 cm³/mol. The lowest BCUT2D eigenvalue weighted by atomic mass is 9.54. The fourth-order valence-electron chi connectivity index (χ4n) is 6.76. The number of fused-ring (bicyclic) bond motifs is 5. The topological polar surface area (TPSA) is 38.7 Å². The van der Waals surface area contributed by atoms with Crippen molar-refractivity contribution in [2.75, 3.05) is 0 Å². The Morgan fingerprint density at radius 1 is 0.966 bits per heavy atom. The molecule has 2 saturated carbocycles.